The van der Waals surface area contributed by atoms with Gasteiger partial charge in [-0.1, -0.05) is 63.8 Å². The molecule has 0 heterocycles. The van der Waals surface area contributed by atoms with Crippen LogP contribution in [-0.4, -0.2) is 7.05 Å². The Hall–Kier alpha value is -0.820. The van der Waals surface area contributed by atoms with Crippen LogP contribution in [0.3, 0.4) is 0 Å². The summed E-state index contributed by atoms with van der Waals surface area (Å²) in [7, 11) is 2.11. The molecular weight excluding hydrogens is 230 g/mol. The van der Waals surface area contributed by atoms with Gasteiger partial charge in [0.05, 0.1) is 0 Å². The molecule has 1 nitrogen and oxygen atoms in total. The zero-order chi connectivity index (χ0) is 13.7. The van der Waals surface area contributed by atoms with Gasteiger partial charge in [-0.05, 0) is 42.9 Å². The smallest absolute Gasteiger partial charge is 0.0320 e. The fraction of sp³-hybridized carbons (Fsp3) is 0.667. The van der Waals surface area contributed by atoms with Crippen LogP contribution in [-0.2, 0) is 6.42 Å². The van der Waals surface area contributed by atoms with Gasteiger partial charge >= 0.3 is 0 Å². The van der Waals surface area contributed by atoms with Gasteiger partial charge in [-0.15, -0.1) is 0 Å². The van der Waals surface area contributed by atoms with Crippen LogP contribution in [0.1, 0.15) is 63.1 Å². The van der Waals surface area contributed by atoms with Gasteiger partial charge < -0.3 is 5.32 Å². The molecule has 2 rings (SSSR count). The maximum absolute atomic E-state index is 3.53. The van der Waals surface area contributed by atoms with Crippen LogP contribution in [0.15, 0.2) is 24.3 Å². The largest absolute Gasteiger partial charge is 0.313 e. The third-order valence-corrected chi connectivity index (χ3v) is 4.39. The molecule has 1 unspecified atom stereocenters. The van der Waals surface area contributed by atoms with E-state index in [0.717, 1.165) is 11.8 Å². The Balaban J connectivity index is 2.04. The van der Waals surface area contributed by atoms with E-state index in [1.807, 2.05) is 0 Å². The van der Waals surface area contributed by atoms with Crippen LogP contribution in [0.5, 0.6) is 0 Å². The summed E-state index contributed by atoms with van der Waals surface area (Å²) in [4.78, 5) is 0. The minimum atomic E-state index is 0.537. The van der Waals surface area contributed by atoms with Crippen molar-refractivity contribution in [2.75, 3.05) is 7.05 Å². The van der Waals surface area contributed by atoms with Gasteiger partial charge in [0.2, 0.25) is 0 Å². The van der Waals surface area contributed by atoms with Gasteiger partial charge in [0.15, 0.2) is 0 Å². The number of nitrogens with one attached hydrogen (secondary N) is 1. The molecule has 0 amide bonds. The van der Waals surface area contributed by atoms with Crippen LogP contribution in [0.2, 0.25) is 0 Å². The van der Waals surface area contributed by atoms with Crippen molar-refractivity contribution in [3.05, 3.63) is 35.4 Å². The number of benzene rings is 1. The lowest BCUT2D eigenvalue weighted by molar-refractivity contribution is 0.413. The third kappa shape index (κ3) is 4.35. The summed E-state index contributed by atoms with van der Waals surface area (Å²) in [5.74, 6) is 1.67. The van der Waals surface area contributed by atoms with Crippen molar-refractivity contribution < 1.29 is 0 Å². The minimum absolute atomic E-state index is 0.537. The summed E-state index contributed by atoms with van der Waals surface area (Å²) >= 11 is 0. The lowest BCUT2D eigenvalue weighted by Gasteiger charge is -2.21. The molecule has 1 atom stereocenters. The van der Waals surface area contributed by atoms with Gasteiger partial charge in [-0.3, -0.25) is 0 Å². The van der Waals surface area contributed by atoms with Crippen molar-refractivity contribution in [3.8, 4) is 0 Å². The average molecular weight is 259 g/mol. The molecule has 0 saturated heterocycles. The average Bonchev–Trinajstić information content (AvgIpc) is 2.88. The number of hydrogen-bond acceptors (Lipinski definition) is 1. The zero-order valence-corrected chi connectivity index (χ0v) is 12.8. The molecule has 1 N–H and O–H groups in total. The van der Waals surface area contributed by atoms with E-state index in [0.29, 0.717) is 6.04 Å². The first-order valence-electron chi connectivity index (χ1n) is 7.95. The fourth-order valence-corrected chi connectivity index (χ4v) is 3.41. The lowest BCUT2D eigenvalue weighted by atomic mass is 9.91. The third-order valence-electron chi connectivity index (χ3n) is 4.39. The van der Waals surface area contributed by atoms with Crippen molar-refractivity contribution >= 4 is 0 Å². The van der Waals surface area contributed by atoms with E-state index in [9.17, 15) is 0 Å². The summed E-state index contributed by atoms with van der Waals surface area (Å²) in [6, 6.07) is 9.74. The van der Waals surface area contributed by atoms with Gasteiger partial charge in [0, 0.05) is 6.04 Å². The lowest BCUT2D eigenvalue weighted by Crippen LogP contribution is -2.19. The predicted octanol–water partition coefficient (Wildman–Crippen LogP) is 4.73. The number of rotatable bonds is 6. The van der Waals surface area contributed by atoms with Crippen LogP contribution >= 0.6 is 0 Å². The molecule has 1 heteroatoms. The van der Waals surface area contributed by atoms with Crippen molar-refractivity contribution in [2.45, 2.75) is 58.4 Å². The maximum Gasteiger partial charge on any atom is 0.0320 e. The van der Waals surface area contributed by atoms with Gasteiger partial charge in [-0.25, -0.2) is 0 Å². The van der Waals surface area contributed by atoms with E-state index in [1.165, 1.54) is 49.7 Å². The highest BCUT2D eigenvalue weighted by Crippen LogP contribution is 2.33. The van der Waals surface area contributed by atoms with E-state index in [1.54, 1.807) is 0 Å². The molecule has 1 fully saturated rings. The SMILES string of the molecule is CNC(CC1CCCC1)c1cccc(CC(C)C)c1. The van der Waals surface area contributed by atoms with Crippen molar-refractivity contribution in [1.82, 2.24) is 5.32 Å². The molecule has 0 spiro atoms. The van der Waals surface area contributed by atoms with E-state index in [-0.39, 0.29) is 0 Å². The minimum Gasteiger partial charge on any atom is -0.313 e. The van der Waals surface area contributed by atoms with Gasteiger partial charge in [0.25, 0.3) is 0 Å². The first-order chi connectivity index (χ1) is 9.19. The van der Waals surface area contributed by atoms with Crippen LogP contribution < -0.4 is 5.32 Å². The van der Waals surface area contributed by atoms with Gasteiger partial charge in [0.1, 0.15) is 0 Å². The van der Waals surface area contributed by atoms with Crippen LogP contribution in [0, 0.1) is 11.8 Å². The Morgan fingerprint density at radius 2 is 1.95 bits per heavy atom. The summed E-state index contributed by atoms with van der Waals surface area (Å²) < 4.78 is 0. The Morgan fingerprint density at radius 3 is 2.58 bits per heavy atom. The standard InChI is InChI=1S/C18H29N/c1-14(2)11-16-9-6-10-17(12-16)18(19-3)13-15-7-4-5-8-15/h6,9-10,12,14-15,18-19H,4-5,7-8,11,13H2,1-3H3. The van der Waals surface area contributed by atoms with E-state index in [4.69, 9.17) is 0 Å². The Morgan fingerprint density at radius 1 is 1.21 bits per heavy atom. The van der Waals surface area contributed by atoms with Crippen molar-refractivity contribution in [3.63, 3.8) is 0 Å². The van der Waals surface area contributed by atoms with Crippen LogP contribution in [0.4, 0.5) is 0 Å². The molecule has 1 aliphatic rings. The molecule has 1 saturated carbocycles. The molecule has 0 radical (unpaired) electrons. The molecule has 106 valence electrons. The molecule has 0 bridgehead atoms. The quantitative estimate of drug-likeness (QED) is 0.779. The highest BCUT2D eigenvalue weighted by molar-refractivity contribution is 5.26. The highest BCUT2D eigenvalue weighted by Gasteiger charge is 2.20. The summed E-state index contributed by atoms with van der Waals surface area (Å²) in [6.45, 7) is 4.58. The summed E-state index contributed by atoms with van der Waals surface area (Å²) in [5, 5.41) is 3.53. The monoisotopic (exact) mass is 259 g/mol. The van der Waals surface area contributed by atoms with Crippen LogP contribution in [0.25, 0.3) is 0 Å². The normalized spacial score (nSPS) is 18.1. The van der Waals surface area contributed by atoms with E-state index < -0.39 is 0 Å². The second-order valence-electron chi connectivity index (χ2n) is 6.57. The first kappa shape index (κ1) is 14.6. The second kappa shape index (κ2) is 7.09. The molecule has 19 heavy (non-hydrogen) atoms. The second-order valence-corrected chi connectivity index (χ2v) is 6.57. The molecule has 1 aromatic rings. The molecule has 1 aromatic carbocycles. The number of hydrogen-bond donors (Lipinski definition) is 1. The van der Waals surface area contributed by atoms with E-state index in [2.05, 4.69) is 50.5 Å². The zero-order valence-electron chi connectivity index (χ0n) is 12.8. The highest BCUT2D eigenvalue weighted by atomic mass is 14.9. The summed E-state index contributed by atoms with van der Waals surface area (Å²) in [5.41, 5.74) is 2.96. The van der Waals surface area contributed by atoms with Crippen molar-refractivity contribution in [1.29, 1.82) is 0 Å². The fourth-order valence-electron chi connectivity index (χ4n) is 3.41. The Kier molecular flexibility index (Phi) is 5.45. The van der Waals surface area contributed by atoms with Crippen molar-refractivity contribution in [2.24, 2.45) is 11.8 Å². The topological polar surface area (TPSA) is 12.0 Å². The molecule has 0 aromatic heterocycles. The first-order valence-corrected chi connectivity index (χ1v) is 7.95. The Bertz CT molecular complexity index is 377. The maximum atomic E-state index is 3.53. The summed E-state index contributed by atoms with van der Waals surface area (Å²) in [6.07, 6.45) is 8.24. The molecule has 0 aliphatic heterocycles. The predicted molar refractivity (Wildman–Crippen MR) is 83.4 cm³/mol. The van der Waals surface area contributed by atoms with Gasteiger partial charge in [-0.2, -0.15) is 0 Å². The Labute approximate surface area is 118 Å². The van der Waals surface area contributed by atoms with E-state index >= 15 is 0 Å². The molecule has 1 aliphatic carbocycles. The molecular formula is C18H29N.